The van der Waals surface area contributed by atoms with Gasteiger partial charge in [-0.15, -0.1) is 0 Å². The van der Waals surface area contributed by atoms with Gasteiger partial charge >= 0.3 is 11.6 Å². The van der Waals surface area contributed by atoms with Crippen molar-refractivity contribution in [2.45, 2.75) is 6.42 Å². The van der Waals surface area contributed by atoms with Gasteiger partial charge in [0.1, 0.15) is 6.33 Å². The maximum Gasteiger partial charge on any atom is 0.356 e. The normalized spacial score (nSPS) is 10.1. The first kappa shape index (κ1) is 21.6. The van der Waals surface area contributed by atoms with E-state index >= 15 is 0 Å². The van der Waals surface area contributed by atoms with Gasteiger partial charge in [-0.05, 0) is 17.7 Å². The van der Waals surface area contributed by atoms with Crippen LogP contribution in [0.25, 0.3) is 0 Å². The molecular weight excluding hydrogens is 428 g/mol. The van der Waals surface area contributed by atoms with Crippen molar-refractivity contribution in [1.82, 2.24) is 20.8 Å². The lowest BCUT2D eigenvalue weighted by Crippen LogP contribution is -2.32. The second kappa shape index (κ2) is 9.61. The van der Waals surface area contributed by atoms with Crippen LogP contribution in [0.1, 0.15) is 16.1 Å². The molecule has 0 unspecified atom stereocenters. The van der Waals surface area contributed by atoms with Crippen LogP contribution < -0.4 is 21.7 Å². The maximum absolute atomic E-state index is 12.1. The number of nitrogens with zero attached hydrogens (tertiary/aromatic N) is 4. The van der Waals surface area contributed by atoms with Crippen molar-refractivity contribution in [3.63, 3.8) is 0 Å². The van der Waals surface area contributed by atoms with E-state index in [2.05, 4.69) is 31.7 Å². The summed E-state index contributed by atoms with van der Waals surface area (Å²) in [5.74, 6) is -2.03. The highest BCUT2D eigenvalue weighted by molar-refractivity contribution is 5.92. The molecule has 164 valence electrons. The van der Waals surface area contributed by atoms with E-state index in [-0.39, 0.29) is 29.5 Å². The number of aromatic nitrogens is 2. The SMILES string of the molecule is O=C(Cc1ccc([N+](=O)[O-])cc1)NNc1ncnc(NNC(=O)c2ccco2)c1[N+](=O)[O-]. The highest BCUT2D eigenvalue weighted by Gasteiger charge is 2.24. The summed E-state index contributed by atoms with van der Waals surface area (Å²) in [6.45, 7) is 0. The van der Waals surface area contributed by atoms with Gasteiger partial charge in [0.25, 0.3) is 5.69 Å². The Morgan fingerprint density at radius 1 is 0.938 bits per heavy atom. The van der Waals surface area contributed by atoms with E-state index in [0.717, 1.165) is 6.33 Å². The van der Waals surface area contributed by atoms with Crippen LogP contribution in [0, 0.1) is 20.2 Å². The Morgan fingerprint density at radius 3 is 2.16 bits per heavy atom. The third kappa shape index (κ3) is 5.29. The molecule has 2 aromatic heterocycles. The van der Waals surface area contributed by atoms with Gasteiger partial charge in [0.15, 0.2) is 5.76 Å². The number of hydrogen-bond acceptors (Lipinski definition) is 11. The highest BCUT2D eigenvalue weighted by atomic mass is 16.6. The van der Waals surface area contributed by atoms with E-state index in [1.54, 1.807) is 0 Å². The fraction of sp³-hybridized carbons (Fsp3) is 0.0588. The monoisotopic (exact) mass is 442 g/mol. The van der Waals surface area contributed by atoms with Crippen molar-refractivity contribution in [3.05, 3.63) is 80.5 Å². The minimum Gasteiger partial charge on any atom is -0.459 e. The van der Waals surface area contributed by atoms with Gasteiger partial charge in [0.2, 0.25) is 17.5 Å². The van der Waals surface area contributed by atoms with Crippen molar-refractivity contribution in [2.75, 3.05) is 10.9 Å². The number of rotatable bonds is 9. The van der Waals surface area contributed by atoms with E-state index in [1.807, 2.05) is 0 Å². The van der Waals surface area contributed by atoms with Gasteiger partial charge < -0.3 is 4.42 Å². The summed E-state index contributed by atoms with van der Waals surface area (Å²) < 4.78 is 4.91. The number of hydrazine groups is 2. The highest BCUT2D eigenvalue weighted by Crippen LogP contribution is 2.27. The molecule has 1 aromatic carbocycles. The van der Waals surface area contributed by atoms with Gasteiger partial charge in [0.05, 0.1) is 22.5 Å². The Morgan fingerprint density at radius 2 is 1.59 bits per heavy atom. The summed E-state index contributed by atoms with van der Waals surface area (Å²) in [6.07, 6.45) is 2.09. The largest absolute Gasteiger partial charge is 0.459 e. The molecule has 4 N–H and O–H groups in total. The van der Waals surface area contributed by atoms with Crippen LogP contribution in [0.4, 0.5) is 23.0 Å². The summed E-state index contributed by atoms with van der Waals surface area (Å²) in [5.41, 5.74) is 8.78. The van der Waals surface area contributed by atoms with Gasteiger partial charge in [-0.25, -0.2) is 9.97 Å². The summed E-state index contributed by atoms with van der Waals surface area (Å²) in [5, 5.41) is 22.2. The number of nitro groups is 2. The zero-order valence-electron chi connectivity index (χ0n) is 16.0. The first-order chi connectivity index (χ1) is 15.3. The molecule has 0 saturated heterocycles. The molecule has 0 aliphatic carbocycles. The lowest BCUT2D eigenvalue weighted by atomic mass is 10.1. The minimum absolute atomic E-state index is 0.0361. The quantitative estimate of drug-likeness (QED) is 0.274. The van der Waals surface area contributed by atoms with Crippen LogP contribution in [-0.2, 0) is 11.2 Å². The first-order valence-electron chi connectivity index (χ1n) is 8.72. The average molecular weight is 442 g/mol. The Bertz CT molecular complexity index is 1150. The number of carbonyl (C=O) groups is 2. The van der Waals surface area contributed by atoms with Crippen LogP contribution in [0.5, 0.6) is 0 Å². The molecule has 3 rings (SSSR count). The van der Waals surface area contributed by atoms with E-state index < -0.39 is 27.3 Å². The van der Waals surface area contributed by atoms with Crippen molar-refractivity contribution in [3.8, 4) is 0 Å². The van der Waals surface area contributed by atoms with Crippen LogP contribution in [0.3, 0.4) is 0 Å². The summed E-state index contributed by atoms with van der Waals surface area (Å²) >= 11 is 0. The van der Waals surface area contributed by atoms with Gasteiger partial charge in [-0.1, -0.05) is 12.1 Å². The lowest BCUT2D eigenvalue weighted by Gasteiger charge is -2.11. The van der Waals surface area contributed by atoms with E-state index in [9.17, 15) is 29.8 Å². The van der Waals surface area contributed by atoms with E-state index in [4.69, 9.17) is 4.42 Å². The maximum atomic E-state index is 12.1. The number of anilines is 2. The van der Waals surface area contributed by atoms with Crippen molar-refractivity contribution in [2.24, 2.45) is 0 Å². The Hall–Kier alpha value is -5.08. The molecule has 0 spiro atoms. The number of non-ortho nitro benzene ring substituents is 1. The van der Waals surface area contributed by atoms with Gasteiger partial charge in [-0.3, -0.25) is 51.5 Å². The van der Waals surface area contributed by atoms with Crippen LogP contribution in [-0.4, -0.2) is 31.6 Å². The molecule has 15 nitrogen and oxygen atoms in total. The smallest absolute Gasteiger partial charge is 0.356 e. The summed E-state index contributed by atoms with van der Waals surface area (Å²) in [7, 11) is 0. The number of benzene rings is 1. The topological polar surface area (TPSA) is 207 Å². The Balaban J connectivity index is 1.64. The first-order valence-corrected chi connectivity index (χ1v) is 8.72. The molecule has 0 saturated carbocycles. The van der Waals surface area contributed by atoms with Crippen molar-refractivity contribution in [1.29, 1.82) is 0 Å². The predicted molar refractivity (Wildman–Crippen MR) is 107 cm³/mol. The minimum atomic E-state index is -0.813. The number of amides is 2. The zero-order valence-corrected chi connectivity index (χ0v) is 16.0. The lowest BCUT2D eigenvalue weighted by molar-refractivity contribution is -0.384. The molecule has 0 fully saturated rings. The average Bonchev–Trinajstić information content (AvgIpc) is 3.31. The number of furan rings is 1. The molecular formula is C17H14N8O7. The second-order valence-electron chi connectivity index (χ2n) is 6.01. The van der Waals surface area contributed by atoms with E-state index in [0.29, 0.717) is 5.56 Å². The second-order valence-corrected chi connectivity index (χ2v) is 6.01. The fourth-order valence-electron chi connectivity index (χ4n) is 2.41. The molecule has 2 heterocycles. The number of nitro benzene ring substituents is 1. The molecule has 3 aromatic rings. The van der Waals surface area contributed by atoms with Crippen LogP contribution in [0.2, 0.25) is 0 Å². The van der Waals surface area contributed by atoms with Crippen LogP contribution >= 0.6 is 0 Å². The number of nitrogens with one attached hydrogen (secondary N) is 4. The molecule has 32 heavy (non-hydrogen) atoms. The third-order valence-electron chi connectivity index (χ3n) is 3.88. The van der Waals surface area contributed by atoms with Crippen molar-refractivity contribution < 1.29 is 23.9 Å². The fourth-order valence-corrected chi connectivity index (χ4v) is 2.41. The molecule has 0 aliphatic rings. The Kier molecular flexibility index (Phi) is 6.50. The molecule has 15 heteroatoms. The third-order valence-corrected chi connectivity index (χ3v) is 3.88. The molecule has 0 bridgehead atoms. The van der Waals surface area contributed by atoms with Crippen molar-refractivity contribution >= 4 is 34.8 Å². The van der Waals surface area contributed by atoms with Gasteiger partial charge in [-0.2, -0.15) is 0 Å². The predicted octanol–water partition coefficient (Wildman–Crippen LogP) is 1.33. The standard InChI is InChI=1S/C17H14N8O7/c26-13(8-10-3-5-11(6-4-10)24(28)29)20-21-15-14(25(30)31)16(19-9-18-15)22-23-17(27)12-2-1-7-32-12/h1-7,9H,8H2,(H,20,26)(H,23,27)(H2,18,19,21,22). The molecule has 0 radical (unpaired) electrons. The Labute approximate surface area is 178 Å². The van der Waals surface area contributed by atoms with E-state index in [1.165, 1.54) is 42.7 Å². The molecule has 0 aliphatic heterocycles. The van der Waals surface area contributed by atoms with Crippen LogP contribution in [0.15, 0.2) is 53.4 Å². The number of carbonyl (C=O) groups excluding carboxylic acids is 2. The zero-order chi connectivity index (χ0) is 23.1. The summed E-state index contributed by atoms with van der Waals surface area (Å²) in [4.78, 5) is 52.2. The van der Waals surface area contributed by atoms with Gasteiger partial charge in [0, 0.05) is 12.1 Å². The number of hydrogen-bond donors (Lipinski definition) is 4. The summed E-state index contributed by atoms with van der Waals surface area (Å²) in [6, 6.07) is 8.20. The molecule has 0 atom stereocenters. The molecule has 2 amide bonds.